The molecule has 4 aromatic rings. The van der Waals surface area contributed by atoms with Crippen LogP contribution in [0.15, 0.2) is 103 Å². The Hall–Kier alpha value is -3.23. The van der Waals surface area contributed by atoms with Gasteiger partial charge in [-0.15, -0.1) is 0 Å². The predicted molar refractivity (Wildman–Crippen MR) is 134 cm³/mol. The molecule has 2 heteroatoms. The molecule has 0 amide bonds. The summed E-state index contributed by atoms with van der Waals surface area (Å²) < 4.78 is 0.782. The van der Waals surface area contributed by atoms with Crippen LogP contribution in [0.25, 0.3) is 10.8 Å². The number of benzene rings is 4. The second-order valence-electron chi connectivity index (χ2n) is 9.66. The summed E-state index contributed by atoms with van der Waals surface area (Å²) in [7, 11) is 6.61. The number of hydrogen-bond donors (Lipinski definition) is 0. The van der Waals surface area contributed by atoms with Gasteiger partial charge >= 0.3 is 0 Å². The third-order valence-electron chi connectivity index (χ3n) is 6.88. The van der Waals surface area contributed by atoms with Crippen LogP contribution in [0.3, 0.4) is 0 Å². The van der Waals surface area contributed by atoms with Gasteiger partial charge in [0.1, 0.15) is 0 Å². The molecule has 4 rings (SSSR count). The second kappa shape index (κ2) is 8.72. The van der Waals surface area contributed by atoms with E-state index in [2.05, 4.69) is 70.5 Å². The molecule has 0 aliphatic rings. The van der Waals surface area contributed by atoms with Gasteiger partial charge in [0.15, 0.2) is 5.78 Å². The van der Waals surface area contributed by atoms with Crippen molar-refractivity contribution in [2.45, 2.75) is 24.8 Å². The first-order valence-corrected chi connectivity index (χ1v) is 11.3. The lowest BCUT2D eigenvalue weighted by Gasteiger charge is -2.40. The van der Waals surface area contributed by atoms with E-state index in [9.17, 15) is 4.79 Å². The van der Waals surface area contributed by atoms with E-state index in [1.54, 1.807) is 0 Å². The van der Waals surface area contributed by atoms with Crippen LogP contribution in [-0.4, -0.2) is 37.5 Å². The predicted octanol–water partition coefficient (Wildman–Crippen LogP) is 6.49. The second-order valence-corrected chi connectivity index (χ2v) is 9.66. The van der Waals surface area contributed by atoms with E-state index >= 15 is 0 Å². The number of ketones is 1. The molecule has 32 heavy (non-hydrogen) atoms. The Morgan fingerprint density at radius 1 is 0.719 bits per heavy atom. The molecule has 0 heterocycles. The van der Waals surface area contributed by atoms with Crippen molar-refractivity contribution in [1.29, 1.82) is 0 Å². The molecule has 0 fully saturated rings. The molecular formula is C30H32NO+. The van der Waals surface area contributed by atoms with Gasteiger partial charge in [-0.05, 0) is 28.8 Å². The third-order valence-corrected chi connectivity index (χ3v) is 6.88. The maximum absolute atomic E-state index is 14.7. The molecule has 2 nitrogen and oxygen atoms in total. The quantitative estimate of drug-likeness (QED) is 0.246. The summed E-state index contributed by atoms with van der Waals surface area (Å²) in [5, 5.41) is 2.10. The van der Waals surface area contributed by atoms with Gasteiger partial charge in [0.2, 0.25) is 0 Å². The van der Waals surface area contributed by atoms with Gasteiger partial charge in [-0.1, -0.05) is 103 Å². The standard InChI is InChI=1S/C30H32NO/c1-23(31(2,3)4)22-30(25-16-7-5-8-17-25,26-18-9-6-10-19-26)29(32)28-21-13-15-24-14-11-12-20-27(24)28/h5-21,23H,22H2,1-4H3/q+1. The number of Topliss-reactive ketones (excluding diaryl/α,β-unsaturated/α-hetero) is 1. The molecule has 0 aliphatic carbocycles. The van der Waals surface area contributed by atoms with E-state index in [1.807, 2.05) is 60.7 Å². The van der Waals surface area contributed by atoms with Crippen molar-refractivity contribution < 1.29 is 9.28 Å². The highest BCUT2D eigenvalue weighted by atomic mass is 16.1. The van der Waals surface area contributed by atoms with Crippen molar-refractivity contribution >= 4 is 16.6 Å². The summed E-state index contributed by atoms with van der Waals surface area (Å²) in [5.41, 5.74) is 2.09. The van der Waals surface area contributed by atoms with Crippen LogP contribution in [0.1, 0.15) is 34.8 Å². The van der Waals surface area contributed by atoms with Crippen LogP contribution in [0, 0.1) is 0 Å². The first-order valence-electron chi connectivity index (χ1n) is 11.3. The average molecular weight is 423 g/mol. The van der Waals surface area contributed by atoms with Crippen LogP contribution in [-0.2, 0) is 5.41 Å². The van der Waals surface area contributed by atoms with Crippen molar-refractivity contribution in [2.75, 3.05) is 21.1 Å². The summed E-state index contributed by atoms with van der Waals surface area (Å²) in [6.45, 7) is 2.25. The first kappa shape index (κ1) is 22.0. The Morgan fingerprint density at radius 3 is 1.78 bits per heavy atom. The number of quaternary nitrogens is 1. The zero-order valence-electron chi connectivity index (χ0n) is 19.5. The molecule has 0 bridgehead atoms. The van der Waals surface area contributed by atoms with Crippen molar-refractivity contribution in [1.82, 2.24) is 0 Å². The minimum Gasteiger partial charge on any atom is -0.329 e. The largest absolute Gasteiger partial charge is 0.329 e. The zero-order chi connectivity index (χ0) is 22.8. The fourth-order valence-corrected chi connectivity index (χ4v) is 4.57. The Labute approximate surface area is 191 Å². The molecule has 0 aromatic heterocycles. The maximum Gasteiger partial charge on any atom is 0.178 e. The molecule has 1 unspecified atom stereocenters. The number of rotatable bonds is 7. The van der Waals surface area contributed by atoms with Gasteiger partial charge in [0.25, 0.3) is 0 Å². The highest BCUT2D eigenvalue weighted by Crippen LogP contribution is 2.42. The van der Waals surface area contributed by atoms with Crippen molar-refractivity contribution in [3.63, 3.8) is 0 Å². The molecule has 4 aromatic carbocycles. The number of fused-ring (bicyclic) bond motifs is 1. The van der Waals surface area contributed by atoms with E-state index in [0.717, 1.165) is 31.9 Å². The van der Waals surface area contributed by atoms with Crippen molar-refractivity contribution in [3.05, 3.63) is 120 Å². The normalized spacial score (nSPS) is 13.1. The average Bonchev–Trinajstić information content (AvgIpc) is 2.82. The van der Waals surface area contributed by atoms with Gasteiger partial charge in [0, 0.05) is 12.0 Å². The van der Waals surface area contributed by atoms with E-state index in [4.69, 9.17) is 0 Å². The van der Waals surface area contributed by atoms with Gasteiger partial charge in [0.05, 0.1) is 32.6 Å². The third kappa shape index (κ3) is 3.99. The van der Waals surface area contributed by atoms with Gasteiger partial charge in [-0.3, -0.25) is 4.79 Å². The Kier molecular flexibility index (Phi) is 5.99. The van der Waals surface area contributed by atoms with Gasteiger partial charge < -0.3 is 4.48 Å². The Morgan fingerprint density at radius 2 is 1.22 bits per heavy atom. The lowest BCUT2D eigenvalue weighted by atomic mass is 9.65. The molecule has 1 atom stereocenters. The summed E-state index contributed by atoms with van der Waals surface area (Å²) >= 11 is 0. The van der Waals surface area contributed by atoms with Crippen LogP contribution in [0.5, 0.6) is 0 Å². The first-order chi connectivity index (χ1) is 15.3. The van der Waals surface area contributed by atoms with E-state index < -0.39 is 5.41 Å². The zero-order valence-corrected chi connectivity index (χ0v) is 19.5. The number of hydrogen-bond acceptors (Lipinski definition) is 1. The highest BCUT2D eigenvalue weighted by molar-refractivity contribution is 6.14. The molecule has 0 spiro atoms. The van der Waals surface area contributed by atoms with Crippen LogP contribution >= 0.6 is 0 Å². The van der Waals surface area contributed by atoms with Crippen LogP contribution < -0.4 is 0 Å². The summed E-state index contributed by atoms with van der Waals surface area (Å²) in [6.07, 6.45) is 0.715. The minimum atomic E-state index is -0.780. The fourth-order valence-electron chi connectivity index (χ4n) is 4.57. The number of carbonyl (C=O) groups is 1. The molecule has 0 radical (unpaired) electrons. The Balaban J connectivity index is 2.02. The smallest absolute Gasteiger partial charge is 0.178 e. The van der Waals surface area contributed by atoms with Crippen molar-refractivity contribution in [3.8, 4) is 0 Å². The molecule has 0 saturated heterocycles. The molecule has 0 saturated carbocycles. The van der Waals surface area contributed by atoms with Gasteiger partial charge in [-0.2, -0.15) is 0 Å². The lowest BCUT2D eigenvalue weighted by Crippen LogP contribution is -2.50. The van der Waals surface area contributed by atoms with E-state index in [0.29, 0.717) is 6.42 Å². The molecular weight excluding hydrogens is 390 g/mol. The minimum absolute atomic E-state index is 0.159. The summed E-state index contributed by atoms with van der Waals surface area (Å²) in [6, 6.07) is 35.1. The fraction of sp³-hybridized carbons (Fsp3) is 0.233. The summed E-state index contributed by atoms with van der Waals surface area (Å²) in [4.78, 5) is 14.7. The van der Waals surface area contributed by atoms with Crippen LogP contribution in [0.2, 0.25) is 0 Å². The highest BCUT2D eigenvalue weighted by Gasteiger charge is 2.46. The molecule has 0 aliphatic heterocycles. The monoisotopic (exact) mass is 422 g/mol. The lowest BCUT2D eigenvalue weighted by molar-refractivity contribution is -0.894. The summed E-state index contributed by atoms with van der Waals surface area (Å²) in [5.74, 6) is 0.159. The molecule has 162 valence electrons. The maximum atomic E-state index is 14.7. The topological polar surface area (TPSA) is 17.1 Å². The van der Waals surface area contributed by atoms with E-state index in [-0.39, 0.29) is 11.8 Å². The van der Waals surface area contributed by atoms with Gasteiger partial charge in [-0.25, -0.2) is 0 Å². The SMILES string of the molecule is CC(CC(C(=O)c1cccc2ccccc12)(c1ccccc1)c1ccccc1)[N+](C)(C)C. The van der Waals surface area contributed by atoms with Crippen LogP contribution in [0.4, 0.5) is 0 Å². The van der Waals surface area contributed by atoms with Crippen molar-refractivity contribution in [2.24, 2.45) is 0 Å². The number of nitrogens with zero attached hydrogens (tertiary/aromatic N) is 1. The van der Waals surface area contributed by atoms with E-state index in [1.165, 1.54) is 0 Å². The number of carbonyl (C=O) groups excluding carboxylic acids is 1. The molecule has 0 N–H and O–H groups in total. The Bertz CT molecular complexity index is 1160.